The van der Waals surface area contributed by atoms with E-state index in [1.165, 1.54) is 27.9 Å². The molecule has 0 heterocycles. The summed E-state index contributed by atoms with van der Waals surface area (Å²) in [6.45, 7) is 8.88. The molecule has 0 saturated heterocycles. The van der Waals surface area contributed by atoms with Gasteiger partial charge in [-0.25, -0.2) is 0 Å². The number of phenols is 1. The monoisotopic (exact) mass is 502 g/mol. The van der Waals surface area contributed by atoms with Gasteiger partial charge in [0.1, 0.15) is 23.9 Å². The van der Waals surface area contributed by atoms with Crippen molar-refractivity contribution in [2.24, 2.45) is 0 Å². The van der Waals surface area contributed by atoms with Gasteiger partial charge < -0.3 is 24.4 Å². The zero-order chi connectivity index (χ0) is 26.2. The fourth-order valence-corrected chi connectivity index (χ4v) is 5.37. The van der Waals surface area contributed by atoms with Crippen molar-refractivity contribution in [1.29, 1.82) is 0 Å². The van der Waals surface area contributed by atoms with Crippen LogP contribution < -0.4 is 14.4 Å². The number of hydrogen-bond acceptors (Lipinski definition) is 5. The molecule has 0 fully saturated rings. The number of phenolic OH excluding ortho intramolecular Hbond substituents is 1. The Labute approximate surface area is 222 Å². The summed E-state index contributed by atoms with van der Waals surface area (Å²) in [5.74, 6) is 2.61. The molecule has 3 aromatic rings. The normalized spacial score (nSPS) is 14.9. The molecule has 3 aromatic carbocycles. The molecule has 1 unspecified atom stereocenters. The predicted molar refractivity (Wildman–Crippen MR) is 152 cm³/mol. The van der Waals surface area contributed by atoms with Crippen molar-refractivity contribution < 1.29 is 14.6 Å². The predicted octanol–water partition coefficient (Wildman–Crippen LogP) is 6.42. The molecule has 0 aliphatic heterocycles. The van der Waals surface area contributed by atoms with E-state index in [4.69, 9.17) is 9.47 Å². The van der Waals surface area contributed by atoms with Gasteiger partial charge >= 0.3 is 0 Å². The van der Waals surface area contributed by atoms with Crippen LogP contribution in [0.5, 0.6) is 17.2 Å². The molecule has 0 amide bonds. The Balaban J connectivity index is 1.48. The molecule has 5 nitrogen and oxygen atoms in total. The minimum absolute atomic E-state index is 0.361. The summed E-state index contributed by atoms with van der Waals surface area (Å²) in [6.07, 6.45) is 4.22. The topological polar surface area (TPSA) is 45.2 Å². The van der Waals surface area contributed by atoms with E-state index in [1.807, 2.05) is 12.1 Å². The van der Waals surface area contributed by atoms with Crippen molar-refractivity contribution in [1.82, 2.24) is 4.90 Å². The average Bonchev–Trinajstić information content (AvgIpc) is 2.92. The number of aryl methyl sites for hydroxylation is 1. The van der Waals surface area contributed by atoms with Crippen molar-refractivity contribution in [2.75, 3.05) is 45.3 Å². The number of anilines is 1. The Morgan fingerprint density at radius 2 is 1.70 bits per heavy atom. The second kappa shape index (κ2) is 12.9. The second-order valence-corrected chi connectivity index (χ2v) is 10.1. The van der Waals surface area contributed by atoms with Crippen LogP contribution in [-0.4, -0.2) is 50.4 Å². The van der Waals surface area contributed by atoms with E-state index in [0.29, 0.717) is 18.3 Å². The van der Waals surface area contributed by atoms with Gasteiger partial charge in [-0.1, -0.05) is 31.2 Å². The number of ether oxygens (including phenoxy) is 2. The molecule has 1 aliphatic rings. The highest BCUT2D eigenvalue weighted by Gasteiger charge is 2.24. The summed E-state index contributed by atoms with van der Waals surface area (Å²) < 4.78 is 11.6. The van der Waals surface area contributed by atoms with Gasteiger partial charge in [0, 0.05) is 31.4 Å². The second-order valence-electron chi connectivity index (χ2n) is 10.1. The number of methoxy groups -OCH3 is 1. The average molecular weight is 503 g/mol. The Morgan fingerprint density at radius 3 is 2.43 bits per heavy atom. The number of benzene rings is 3. The Hall–Kier alpha value is -3.18. The van der Waals surface area contributed by atoms with Crippen LogP contribution in [0, 0.1) is 0 Å². The Bertz CT molecular complexity index is 1150. The molecule has 0 aromatic heterocycles. The van der Waals surface area contributed by atoms with Crippen molar-refractivity contribution in [3.05, 3.63) is 82.9 Å². The molecular formula is C32H42N2O3. The zero-order valence-corrected chi connectivity index (χ0v) is 22.9. The minimum Gasteiger partial charge on any atom is -0.508 e. The number of rotatable bonds is 12. The maximum absolute atomic E-state index is 9.89. The summed E-state index contributed by atoms with van der Waals surface area (Å²) in [4.78, 5) is 4.74. The van der Waals surface area contributed by atoms with Crippen molar-refractivity contribution in [3.63, 3.8) is 0 Å². The van der Waals surface area contributed by atoms with E-state index in [1.54, 1.807) is 7.11 Å². The molecule has 198 valence electrons. The highest BCUT2D eigenvalue weighted by molar-refractivity contribution is 5.60. The molecule has 37 heavy (non-hydrogen) atoms. The summed E-state index contributed by atoms with van der Waals surface area (Å²) in [5.41, 5.74) is 6.50. The van der Waals surface area contributed by atoms with E-state index in [9.17, 15) is 5.11 Å². The molecule has 1 N–H and O–H groups in total. The number of hydrogen-bond donors (Lipinski definition) is 1. The zero-order valence-electron chi connectivity index (χ0n) is 22.9. The van der Waals surface area contributed by atoms with E-state index in [-0.39, 0.29) is 0 Å². The highest BCUT2D eigenvalue weighted by Crippen LogP contribution is 2.40. The van der Waals surface area contributed by atoms with Gasteiger partial charge in [-0.2, -0.15) is 0 Å². The van der Waals surface area contributed by atoms with Crippen molar-refractivity contribution >= 4 is 5.69 Å². The third kappa shape index (κ3) is 6.98. The highest BCUT2D eigenvalue weighted by atomic mass is 16.5. The number of fused-ring (bicyclic) bond motifs is 1. The minimum atomic E-state index is 0.361. The molecule has 0 spiro atoms. The first-order valence-corrected chi connectivity index (χ1v) is 13.6. The molecule has 0 bridgehead atoms. The maximum Gasteiger partial charge on any atom is 0.120 e. The lowest BCUT2D eigenvalue weighted by molar-refractivity contribution is 0.237. The van der Waals surface area contributed by atoms with E-state index >= 15 is 0 Å². The van der Waals surface area contributed by atoms with Crippen LogP contribution in [0.3, 0.4) is 0 Å². The summed E-state index contributed by atoms with van der Waals surface area (Å²) in [6, 6.07) is 20.9. The third-order valence-electron chi connectivity index (χ3n) is 7.46. The lowest BCUT2D eigenvalue weighted by atomic mass is 9.79. The van der Waals surface area contributed by atoms with Crippen molar-refractivity contribution in [2.45, 2.75) is 52.0 Å². The first-order chi connectivity index (χ1) is 18.0. The first kappa shape index (κ1) is 26.9. The van der Waals surface area contributed by atoms with Gasteiger partial charge in [0.25, 0.3) is 0 Å². The van der Waals surface area contributed by atoms with Gasteiger partial charge in [0.2, 0.25) is 0 Å². The Kier molecular flexibility index (Phi) is 9.34. The SMILES string of the molecule is CCCN(C)CCOc1ccc(CN(CC)c2cc(OC)ccc2C2CCc3cc(O)ccc3C2)cc1. The van der Waals surface area contributed by atoms with Crippen LogP contribution in [-0.2, 0) is 19.4 Å². The molecule has 0 saturated carbocycles. The fraction of sp³-hybridized carbons (Fsp3) is 0.438. The Morgan fingerprint density at radius 1 is 0.919 bits per heavy atom. The smallest absolute Gasteiger partial charge is 0.120 e. The molecular weight excluding hydrogens is 460 g/mol. The van der Waals surface area contributed by atoms with Crippen LogP contribution in [0.1, 0.15) is 54.9 Å². The van der Waals surface area contributed by atoms with Gasteiger partial charge in [-0.05, 0) is 105 Å². The van der Waals surface area contributed by atoms with Crippen LogP contribution in [0.2, 0.25) is 0 Å². The van der Waals surface area contributed by atoms with Gasteiger partial charge in [-0.3, -0.25) is 0 Å². The fourth-order valence-electron chi connectivity index (χ4n) is 5.37. The van der Waals surface area contributed by atoms with Gasteiger partial charge in [0.15, 0.2) is 0 Å². The lowest BCUT2D eigenvalue weighted by Gasteiger charge is -2.32. The number of aromatic hydroxyl groups is 1. The third-order valence-corrected chi connectivity index (χ3v) is 7.46. The quantitative estimate of drug-likeness (QED) is 0.310. The maximum atomic E-state index is 9.89. The van der Waals surface area contributed by atoms with Crippen LogP contribution in [0.4, 0.5) is 5.69 Å². The molecule has 5 heteroatoms. The number of nitrogens with zero attached hydrogens (tertiary/aromatic N) is 2. The summed E-state index contributed by atoms with van der Waals surface area (Å²) in [7, 11) is 3.87. The standard InChI is InChI=1S/C32H42N2O3/c1-5-17-33(3)18-19-37-29-13-7-24(8-14-29)23-34(6-2)32-22-30(36-4)15-16-31(32)27-10-9-26-21-28(35)12-11-25(26)20-27/h7-8,11-16,21-22,27,35H,5-6,9-10,17-20,23H2,1-4H3. The van der Waals surface area contributed by atoms with Crippen LogP contribution in [0.15, 0.2) is 60.7 Å². The van der Waals surface area contributed by atoms with E-state index < -0.39 is 0 Å². The van der Waals surface area contributed by atoms with E-state index in [2.05, 4.69) is 79.2 Å². The molecule has 1 aliphatic carbocycles. The molecule has 0 radical (unpaired) electrons. The molecule has 4 rings (SSSR count). The van der Waals surface area contributed by atoms with Crippen molar-refractivity contribution in [3.8, 4) is 17.2 Å². The van der Waals surface area contributed by atoms with Gasteiger partial charge in [0.05, 0.1) is 7.11 Å². The first-order valence-electron chi connectivity index (χ1n) is 13.6. The van der Waals surface area contributed by atoms with E-state index in [0.717, 1.165) is 63.4 Å². The largest absolute Gasteiger partial charge is 0.508 e. The lowest BCUT2D eigenvalue weighted by Crippen LogP contribution is -2.25. The van der Waals surface area contributed by atoms with Crippen LogP contribution >= 0.6 is 0 Å². The number of likely N-dealkylation sites (N-methyl/N-ethyl adjacent to an activating group) is 1. The van der Waals surface area contributed by atoms with Crippen LogP contribution in [0.25, 0.3) is 0 Å². The summed E-state index contributed by atoms with van der Waals surface area (Å²) in [5, 5.41) is 9.89. The van der Waals surface area contributed by atoms with Gasteiger partial charge in [-0.15, -0.1) is 0 Å². The summed E-state index contributed by atoms with van der Waals surface area (Å²) >= 11 is 0. The molecule has 1 atom stereocenters.